The first kappa shape index (κ1) is 14.4. The maximum absolute atomic E-state index is 12.1. The highest BCUT2D eigenvalue weighted by atomic mass is 16.4. The Kier molecular flexibility index (Phi) is 4.28. The highest BCUT2D eigenvalue weighted by molar-refractivity contribution is 6.05. The zero-order valence-electron chi connectivity index (χ0n) is 11.4. The molecule has 0 heterocycles. The number of carbonyl (C=O) groups is 2. The Morgan fingerprint density at radius 1 is 1.28 bits per heavy atom. The number of carboxylic acid groups (broad SMARTS) is 1. The summed E-state index contributed by atoms with van der Waals surface area (Å²) in [5.41, 5.74) is 1.26. The molecule has 18 heavy (non-hydrogen) atoms. The molecule has 1 aliphatic carbocycles. The Bertz CT molecular complexity index is 461. The molecule has 1 aromatic carbocycles. The average Bonchev–Trinajstić information content (AvgIpc) is 2.54. The first-order chi connectivity index (χ1) is 8.44. The van der Waals surface area contributed by atoms with Crippen LogP contribution in [0.4, 0.5) is 0 Å². The van der Waals surface area contributed by atoms with E-state index in [-0.39, 0.29) is 17.6 Å². The van der Waals surface area contributed by atoms with Crippen molar-refractivity contribution in [2.24, 2.45) is 5.92 Å². The van der Waals surface area contributed by atoms with Crippen molar-refractivity contribution in [3.63, 3.8) is 0 Å². The number of hydrogen-bond acceptors (Lipinski definition) is 2. The monoisotopic (exact) mass is 248 g/mol. The predicted octanol–water partition coefficient (Wildman–Crippen LogP) is 3.28. The van der Waals surface area contributed by atoms with Crippen molar-refractivity contribution >= 4 is 11.8 Å². The maximum Gasteiger partial charge on any atom is 0.304 e. The largest absolute Gasteiger partial charge is 0.481 e. The van der Waals surface area contributed by atoms with Gasteiger partial charge in [-0.3, -0.25) is 9.59 Å². The lowest BCUT2D eigenvalue weighted by Gasteiger charge is -2.25. The quantitative estimate of drug-likeness (QED) is 0.873. The second kappa shape index (κ2) is 5.34. The van der Waals surface area contributed by atoms with E-state index in [1.165, 1.54) is 0 Å². The van der Waals surface area contributed by atoms with Crippen molar-refractivity contribution in [1.29, 1.82) is 0 Å². The van der Waals surface area contributed by atoms with Crippen LogP contribution in [0.2, 0.25) is 0 Å². The summed E-state index contributed by atoms with van der Waals surface area (Å²) in [6.45, 7) is 7.87. The number of ketones is 1. The van der Waals surface area contributed by atoms with Gasteiger partial charge in [-0.15, -0.1) is 0 Å². The van der Waals surface area contributed by atoms with E-state index in [1.54, 1.807) is 6.07 Å². The van der Waals surface area contributed by atoms with Gasteiger partial charge < -0.3 is 5.11 Å². The summed E-state index contributed by atoms with van der Waals surface area (Å²) >= 11 is 0. The molecule has 0 fully saturated rings. The molecule has 1 aromatic rings. The summed E-state index contributed by atoms with van der Waals surface area (Å²) < 4.78 is 0. The summed E-state index contributed by atoms with van der Waals surface area (Å²) in [5.74, 6) is -1.40. The van der Waals surface area contributed by atoms with E-state index in [1.807, 2.05) is 45.9 Å². The fourth-order valence-electron chi connectivity index (χ4n) is 2.49. The van der Waals surface area contributed by atoms with Crippen LogP contribution in [-0.2, 0) is 10.2 Å². The fraction of sp³-hybridized carbons (Fsp3) is 0.467. The normalized spacial score (nSPS) is 19.8. The number of hydrogen-bond donors (Lipinski definition) is 1. The van der Waals surface area contributed by atoms with Gasteiger partial charge in [0, 0.05) is 16.9 Å². The molecule has 2 rings (SSSR count). The van der Waals surface area contributed by atoms with Crippen LogP contribution in [0.5, 0.6) is 0 Å². The first-order valence-corrected chi connectivity index (χ1v) is 6.30. The van der Waals surface area contributed by atoms with E-state index in [4.69, 9.17) is 5.11 Å². The number of rotatable bonds is 2. The summed E-state index contributed by atoms with van der Waals surface area (Å²) in [4.78, 5) is 22.9. The molecule has 1 atom stereocenters. The SMILES string of the molecule is CC.CC1(C)c2ccccc2C(=O)C1CC(=O)O. The van der Waals surface area contributed by atoms with Gasteiger partial charge in [0.25, 0.3) is 0 Å². The maximum atomic E-state index is 12.1. The van der Waals surface area contributed by atoms with Crippen LogP contribution in [0.25, 0.3) is 0 Å². The van der Waals surface area contributed by atoms with E-state index in [0.717, 1.165) is 5.56 Å². The average molecular weight is 248 g/mol. The van der Waals surface area contributed by atoms with Gasteiger partial charge in [-0.1, -0.05) is 52.0 Å². The van der Waals surface area contributed by atoms with Crippen molar-refractivity contribution in [1.82, 2.24) is 0 Å². The van der Waals surface area contributed by atoms with Crippen molar-refractivity contribution in [3.05, 3.63) is 35.4 Å². The second-order valence-electron chi connectivity index (χ2n) is 4.78. The zero-order valence-corrected chi connectivity index (χ0v) is 11.4. The van der Waals surface area contributed by atoms with Crippen molar-refractivity contribution in [2.75, 3.05) is 0 Å². The molecule has 0 aromatic heterocycles. The van der Waals surface area contributed by atoms with E-state index < -0.39 is 11.9 Å². The molecule has 3 heteroatoms. The smallest absolute Gasteiger partial charge is 0.304 e. The molecule has 0 saturated carbocycles. The second-order valence-corrected chi connectivity index (χ2v) is 4.78. The van der Waals surface area contributed by atoms with Gasteiger partial charge in [0.2, 0.25) is 0 Å². The van der Waals surface area contributed by atoms with Crippen molar-refractivity contribution < 1.29 is 14.7 Å². The minimum atomic E-state index is -0.917. The van der Waals surface area contributed by atoms with Gasteiger partial charge in [0.1, 0.15) is 0 Å². The van der Waals surface area contributed by atoms with Gasteiger partial charge in [0.15, 0.2) is 5.78 Å². The molecule has 0 spiro atoms. The summed E-state index contributed by atoms with van der Waals surface area (Å²) in [6.07, 6.45) is -0.0967. The number of aliphatic carboxylic acids is 1. The highest BCUT2D eigenvalue weighted by Crippen LogP contribution is 2.44. The molecule has 0 bridgehead atoms. The zero-order chi connectivity index (χ0) is 13.9. The minimum Gasteiger partial charge on any atom is -0.481 e. The van der Waals surface area contributed by atoms with Crippen LogP contribution in [-0.4, -0.2) is 16.9 Å². The van der Waals surface area contributed by atoms with Crippen LogP contribution in [0.3, 0.4) is 0 Å². The minimum absolute atomic E-state index is 0.0389. The van der Waals surface area contributed by atoms with Gasteiger partial charge in [0.05, 0.1) is 6.42 Å². The Morgan fingerprint density at radius 2 is 1.83 bits per heavy atom. The molecule has 0 aliphatic heterocycles. The highest BCUT2D eigenvalue weighted by Gasteiger charge is 2.46. The predicted molar refractivity (Wildman–Crippen MR) is 70.9 cm³/mol. The number of benzene rings is 1. The third-order valence-electron chi connectivity index (χ3n) is 3.45. The molecule has 3 nitrogen and oxygen atoms in total. The molecule has 1 unspecified atom stereocenters. The Labute approximate surface area is 108 Å². The number of fused-ring (bicyclic) bond motifs is 1. The summed E-state index contributed by atoms with van der Waals surface area (Å²) in [7, 11) is 0. The van der Waals surface area contributed by atoms with Crippen molar-refractivity contribution in [3.8, 4) is 0 Å². The number of Topliss-reactive ketones (excluding diaryl/α,β-unsaturated/α-hetero) is 1. The molecule has 1 aliphatic rings. The lowest BCUT2D eigenvalue weighted by Crippen LogP contribution is -2.29. The topological polar surface area (TPSA) is 54.4 Å². The fourth-order valence-corrected chi connectivity index (χ4v) is 2.49. The van der Waals surface area contributed by atoms with Gasteiger partial charge >= 0.3 is 5.97 Å². The molecular formula is C15H20O3. The standard InChI is InChI=1S/C13H14O3.C2H6/c1-13(2)9-6-4-3-5-8(9)12(16)10(13)7-11(14)15;1-2/h3-6,10H,7H2,1-2H3,(H,14,15);1-2H3. The Balaban J connectivity index is 0.000000771. The van der Waals surface area contributed by atoms with Gasteiger partial charge in [-0.2, -0.15) is 0 Å². The van der Waals surface area contributed by atoms with Gasteiger partial charge in [-0.25, -0.2) is 0 Å². The van der Waals surface area contributed by atoms with E-state index in [2.05, 4.69) is 0 Å². The third-order valence-corrected chi connectivity index (χ3v) is 3.45. The van der Waals surface area contributed by atoms with Crippen LogP contribution >= 0.6 is 0 Å². The van der Waals surface area contributed by atoms with E-state index in [0.29, 0.717) is 5.56 Å². The molecule has 1 N–H and O–H groups in total. The molecular weight excluding hydrogens is 228 g/mol. The van der Waals surface area contributed by atoms with E-state index in [9.17, 15) is 9.59 Å². The molecule has 0 amide bonds. The molecule has 0 saturated heterocycles. The van der Waals surface area contributed by atoms with Gasteiger partial charge in [-0.05, 0) is 5.56 Å². The van der Waals surface area contributed by atoms with E-state index >= 15 is 0 Å². The summed E-state index contributed by atoms with van der Waals surface area (Å²) in [6, 6.07) is 7.39. The lowest BCUT2D eigenvalue weighted by molar-refractivity contribution is -0.138. The number of carbonyl (C=O) groups excluding carboxylic acids is 1. The number of carboxylic acids is 1. The van der Waals surface area contributed by atoms with Crippen molar-refractivity contribution in [2.45, 2.75) is 39.5 Å². The van der Waals surface area contributed by atoms with Crippen LogP contribution in [0.15, 0.2) is 24.3 Å². The Hall–Kier alpha value is -1.64. The lowest BCUT2D eigenvalue weighted by atomic mass is 9.77. The molecule has 0 radical (unpaired) electrons. The first-order valence-electron chi connectivity index (χ1n) is 6.30. The van der Waals surface area contributed by atoms with Crippen LogP contribution in [0, 0.1) is 5.92 Å². The Morgan fingerprint density at radius 3 is 2.33 bits per heavy atom. The summed E-state index contributed by atoms with van der Waals surface area (Å²) in [5, 5.41) is 8.85. The molecule has 98 valence electrons. The van der Waals surface area contributed by atoms with Crippen LogP contribution in [0.1, 0.15) is 50.0 Å². The third kappa shape index (κ3) is 2.30. The van der Waals surface area contributed by atoms with Crippen LogP contribution < -0.4 is 0 Å².